The zero-order valence-corrected chi connectivity index (χ0v) is 12.4. The maximum Gasteiger partial charge on any atom is 0.0319 e. The predicted molar refractivity (Wildman–Crippen MR) is 67.0 cm³/mol. The van der Waals surface area contributed by atoms with Crippen molar-refractivity contribution in [1.82, 2.24) is 0 Å². The zero-order chi connectivity index (χ0) is 13.0. The van der Waals surface area contributed by atoms with Crippen LogP contribution in [0.25, 0.3) is 6.08 Å². The fourth-order valence-electron chi connectivity index (χ4n) is 1.34. The van der Waals surface area contributed by atoms with E-state index in [1.807, 2.05) is 0 Å². The molecule has 0 saturated carbocycles. The molecule has 0 saturated heterocycles. The first kappa shape index (κ1) is 21.8. The molecule has 1 aliphatic carbocycles. The number of hydrogen-bond acceptors (Lipinski definition) is 3. The molecule has 1 unspecified atom stereocenters. The van der Waals surface area contributed by atoms with Crippen molar-refractivity contribution >= 4 is 6.08 Å². The van der Waals surface area contributed by atoms with E-state index >= 15 is 0 Å². The quantitative estimate of drug-likeness (QED) is 0.495. The topological polar surface area (TPSA) is 60.7 Å². The van der Waals surface area contributed by atoms with Gasteiger partial charge in [-0.05, 0) is 0 Å². The molecule has 0 aliphatic heterocycles. The molecular weight excluding hydrogens is 252 g/mol. The van der Waals surface area contributed by atoms with E-state index in [4.69, 9.17) is 15.3 Å². The van der Waals surface area contributed by atoms with Crippen LogP contribution in [0.1, 0.15) is 24.0 Å². The molecular formula is C13H21O3Ti-. The maximum atomic E-state index is 7.00. The van der Waals surface area contributed by atoms with Gasteiger partial charge in [0.05, 0.1) is 0 Å². The summed E-state index contributed by atoms with van der Waals surface area (Å²) < 4.78 is 0. The summed E-state index contributed by atoms with van der Waals surface area (Å²) in [5, 5.41) is 21.0. The Balaban J connectivity index is -0.000000248. The monoisotopic (exact) mass is 273 g/mol. The van der Waals surface area contributed by atoms with Crippen LogP contribution in [0.3, 0.4) is 0 Å². The second kappa shape index (κ2) is 15.6. The molecule has 0 spiro atoms. The summed E-state index contributed by atoms with van der Waals surface area (Å²) in [6, 6.07) is 8.44. The Hall–Kier alpha value is -0.446. The van der Waals surface area contributed by atoms with Gasteiger partial charge in [0.25, 0.3) is 0 Å². The van der Waals surface area contributed by atoms with Gasteiger partial charge in [-0.15, -0.1) is 11.6 Å². The van der Waals surface area contributed by atoms with Gasteiger partial charge in [-0.25, -0.2) is 6.08 Å². The molecule has 0 fully saturated rings. The Morgan fingerprint density at radius 1 is 0.941 bits per heavy atom. The van der Waals surface area contributed by atoms with E-state index in [0.717, 1.165) is 21.3 Å². The number of allylic oxidation sites excluding steroid dienone is 1. The number of rotatable bonds is 0. The summed E-state index contributed by atoms with van der Waals surface area (Å²) in [6.45, 7) is 2.17. The third-order valence-electron chi connectivity index (χ3n) is 1.95. The van der Waals surface area contributed by atoms with Gasteiger partial charge in [-0.1, -0.05) is 31.0 Å². The van der Waals surface area contributed by atoms with Gasteiger partial charge in [0.1, 0.15) is 0 Å². The first-order valence-corrected chi connectivity index (χ1v) is 4.90. The van der Waals surface area contributed by atoms with Crippen LogP contribution in [0.2, 0.25) is 0 Å². The fraction of sp³-hybridized carbons (Fsp3) is 0.385. The van der Waals surface area contributed by atoms with Crippen molar-refractivity contribution in [2.45, 2.75) is 12.8 Å². The first-order valence-electron chi connectivity index (χ1n) is 4.90. The first-order chi connectivity index (χ1) is 7.88. The van der Waals surface area contributed by atoms with E-state index in [1.165, 1.54) is 11.1 Å². The van der Waals surface area contributed by atoms with E-state index < -0.39 is 0 Å². The van der Waals surface area contributed by atoms with Gasteiger partial charge in [0.15, 0.2) is 0 Å². The van der Waals surface area contributed by atoms with E-state index in [2.05, 4.69) is 43.3 Å². The smallest absolute Gasteiger partial charge is 0.0319 e. The Kier molecular flexibility index (Phi) is 19.9. The van der Waals surface area contributed by atoms with Crippen molar-refractivity contribution in [3.8, 4) is 0 Å². The van der Waals surface area contributed by atoms with E-state index in [1.54, 1.807) is 0 Å². The maximum absolute atomic E-state index is 7.00. The minimum Gasteiger partial charge on any atom is -0.400 e. The van der Waals surface area contributed by atoms with Gasteiger partial charge in [0.2, 0.25) is 0 Å². The number of fused-ring (bicyclic) bond motifs is 1. The van der Waals surface area contributed by atoms with Crippen LogP contribution in [-0.4, -0.2) is 36.6 Å². The summed E-state index contributed by atoms with van der Waals surface area (Å²) in [5.74, 6) is 0.496. The van der Waals surface area contributed by atoms with Gasteiger partial charge < -0.3 is 15.3 Å². The van der Waals surface area contributed by atoms with Gasteiger partial charge in [-0.3, -0.25) is 6.08 Å². The molecule has 0 bridgehead atoms. The van der Waals surface area contributed by atoms with Crippen LogP contribution in [-0.2, 0) is 21.7 Å². The molecule has 1 atom stereocenters. The van der Waals surface area contributed by atoms with E-state index in [9.17, 15) is 0 Å². The molecule has 0 radical (unpaired) electrons. The molecule has 0 heterocycles. The Morgan fingerprint density at radius 2 is 1.41 bits per heavy atom. The van der Waals surface area contributed by atoms with Crippen LogP contribution in [0.15, 0.2) is 24.3 Å². The number of aliphatic hydroxyl groups excluding tert-OH is 3. The third-order valence-corrected chi connectivity index (χ3v) is 1.95. The summed E-state index contributed by atoms with van der Waals surface area (Å²) in [5.41, 5.74) is 2.73. The summed E-state index contributed by atoms with van der Waals surface area (Å²) in [7, 11) is 3.00. The molecule has 1 aromatic carbocycles. The van der Waals surface area contributed by atoms with E-state index in [0.29, 0.717) is 5.92 Å². The number of benzene rings is 1. The molecule has 1 aliphatic rings. The summed E-state index contributed by atoms with van der Waals surface area (Å²) in [6.07, 6.45) is 5.33. The van der Waals surface area contributed by atoms with Gasteiger partial charge >= 0.3 is 0 Å². The van der Waals surface area contributed by atoms with Gasteiger partial charge in [0, 0.05) is 43.0 Å². The fourth-order valence-corrected chi connectivity index (χ4v) is 1.34. The second-order valence-corrected chi connectivity index (χ2v) is 2.66. The van der Waals surface area contributed by atoms with Crippen molar-refractivity contribution in [2.24, 2.45) is 0 Å². The van der Waals surface area contributed by atoms with Crippen LogP contribution in [0.4, 0.5) is 0 Å². The van der Waals surface area contributed by atoms with Crippen molar-refractivity contribution in [2.75, 3.05) is 21.3 Å². The van der Waals surface area contributed by atoms with Crippen molar-refractivity contribution in [3.63, 3.8) is 0 Å². The van der Waals surface area contributed by atoms with Crippen LogP contribution in [0.5, 0.6) is 0 Å². The van der Waals surface area contributed by atoms with Gasteiger partial charge in [-0.2, -0.15) is 5.56 Å². The minimum atomic E-state index is 0. The average Bonchev–Trinajstić information content (AvgIpc) is 2.79. The molecule has 0 amide bonds. The number of aliphatic hydroxyl groups is 3. The van der Waals surface area contributed by atoms with E-state index in [-0.39, 0.29) is 21.7 Å². The SMILES string of the molecule is CC1[C-]=Cc2ccccc21.CO.CO.CO.[Ti]. The summed E-state index contributed by atoms with van der Waals surface area (Å²) >= 11 is 0. The summed E-state index contributed by atoms with van der Waals surface area (Å²) in [4.78, 5) is 0. The molecule has 1 aromatic rings. The molecule has 3 N–H and O–H groups in total. The molecule has 4 heteroatoms. The Labute approximate surface area is 119 Å². The average molecular weight is 273 g/mol. The molecule has 3 nitrogen and oxygen atoms in total. The van der Waals surface area contributed by atoms with Crippen LogP contribution < -0.4 is 0 Å². The van der Waals surface area contributed by atoms with Crippen LogP contribution in [0, 0.1) is 6.08 Å². The molecule has 96 valence electrons. The molecule has 2 rings (SSSR count). The standard InChI is InChI=1S/C10H9.3CH4O.Ti/c1-8-6-7-9-4-2-3-5-10(8)9;3*1-2;/h2-5,7-8H,1H3;3*2H,1H3;/q-1;;;;. The second-order valence-electron chi connectivity index (χ2n) is 2.66. The Bertz CT molecular complexity index is 288. The van der Waals surface area contributed by atoms with Crippen LogP contribution >= 0.6 is 0 Å². The van der Waals surface area contributed by atoms with Crippen molar-refractivity contribution in [1.29, 1.82) is 0 Å². The molecule has 17 heavy (non-hydrogen) atoms. The van der Waals surface area contributed by atoms with Crippen molar-refractivity contribution < 1.29 is 37.0 Å². The third kappa shape index (κ3) is 7.47. The Morgan fingerprint density at radius 3 is 1.88 bits per heavy atom. The normalized spacial score (nSPS) is 13.5. The predicted octanol–water partition coefficient (Wildman–Crippen LogP) is 1.44. The molecule has 0 aromatic heterocycles. The largest absolute Gasteiger partial charge is 0.400 e. The van der Waals surface area contributed by atoms with Crippen molar-refractivity contribution in [3.05, 3.63) is 41.5 Å². The zero-order valence-electron chi connectivity index (χ0n) is 10.8. The minimum absolute atomic E-state index is 0. The number of hydrogen-bond donors (Lipinski definition) is 3.